The van der Waals surface area contributed by atoms with Crippen LogP contribution in [0.1, 0.15) is 24.2 Å². The van der Waals surface area contributed by atoms with E-state index >= 15 is 0 Å². The van der Waals surface area contributed by atoms with E-state index in [1.807, 2.05) is 0 Å². The SMILES string of the molecule is CC(CS(C)(=O)=O)=NN=C(C)C(=O)c1ccc(Cl)cc1. The van der Waals surface area contributed by atoms with Gasteiger partial charge >= 0.3 is 0 Å². The molecule has 0 aliphatic rings. The minimum absolute atomic E-state index is 0.181. The van der Waals surface area contributed by atoms with Crippen molar-refractivity contribution in [2.75, 3.05) is 12.0 Å². The first-order valence-corrected chi connectivity index (χ1v) is 8.18. The van der Waals surface area contributed by atoms with Crippen LogP contribution in [0.5, 0.6) is 0 Å². The van der Waals surface area contributed by atoms with E-state index in [9.17, 15) is 13.2 Å². The normalized spacial score (nSPS) is 13.4. The van der Waals surface area contributed by atoms with Gasteiger partial charge in [-0.05, 0) is 38.1 Å². The molecule has 0 atom stereocenters. The Hall–Kier alpha value is -1.53. The van der Waals surface area contributed by atoms with Crippen LogP contribution in [0.25, 0.3) is 0 Å². The molecule has 0 heterocycles. The largest absolute Gasteiger partial charge is 0.287 e. The topological polar surface area (TPSA) is 75.9 Å². The number of benzene rings is 1. The van der Waals surface area contributed by atoms with Gasteiger partial charge in [-0.2, -0.15) is 10.2 Å². The van der Waals surface area contributed by atoms with Gasteiger partial charge in [-0.15, -0.1) is 0 Å². The summed E-state index contributed by atoms with van der Waals surface area (Å²) < 4.78 is 22.1. The number of carbonyl (C=O) groups excluding carboxylic acids is 1. The molecule has 0 N–H and O–H groups in total. The molecule has 1 aromatic carbocycles. The van der Waals surface area contributed by atoms with Gasteiger partial charge in [0, 0.05) is 16.8 Å². The van der Waals surface area contributed by atoms with E-state index in [0.717, 1.165) is 6.26 Å². The van der Waals surface area contributed by atoms with Gasteiger partial charge in [0.15, 0.2) is 9.84 Å². The van der Waals surface area contributed by atoms with E-state index in [1.54, 1.807) is 31.2 Å². The first-order valence-electron chi connectivity index (χ1n) is 5.75. The Bertz CT molecular complexity index is 661. The van der Waals surface area contributed by atoms with Crippen molar-refractivity contribution in [1.82, 2.24) is 0 Å². The van der Waals surface area contributed by atoms with Crippen molar-refractivity contribution >= 4 is 38.6 Å². The molecule has 0 saturated carbocycles. The molecule has 7 heteroatoms. The molecule has 0 aliphatic heterocycles. The smallest absolute Gasteiger partial charge is 0.208 e. The fourth-order valence-corrected chi connectivity index (χ4v) is 2.37. The number of carbonyl (C=O) groups is 1. The molecule has 0 bridgehead atoms. The Labute approximate surface area is 123 Å². The lowest BCUT2D eigenvalue weighted by Crippen LogP contribution is -2.13. The predicted molar refractivity (Wildman–Crippen MR) is 81.7 cm³/mol. The van der Waals surface area contributed by atoms with E-state index in [1.165, 1.54) is 6.92 Å². The highest BCUT2D eigenvalue weighted by Gasteiger charge is 2.10. The van der Waals surface area contributed by atoms with Gasteiger partial charge in [0.05, 0.1) is 11.5 Å². The van der Waals surface area contributed by atoms with Crippen LogP contribution < -0.4 is 0 Å². The van der Waals surface area contributed by atoms with Crippen molar-refractivity contribution in [2.24, 2.45) is 10.2 Å². The Morgan fingerprint density at radius 2 is 1.70 bits per heavy atom. The lowest BCUT2D eigenvalue weighted by Gasteiger charge is -2.00. The Kier molecular flexibility index (Phi) is 5.59. The average Bonchev–Trinajstić information content (AvgIpc) is 2.34. The molecule has 0 radical (unpaired) electrons. The number of hydrogen-bond donors (Lipinski definition) is 0. The molecule has 0 fully saturated rings. The maximum absolute atomic E-state index is 12.0. The number of hydrogen-bond acceptors (Lipinski definition) is 5. The summed E-state index contributed by atoms with van der Waals surface area (Å²) in [6.45, 7) is 3.07. The number of sulfone groups is 1. The van der Waals surface area contributed by atoms with Crippen molar-refractivity contribution < 1.29 is 13.2 Å². The Morgan fingerprint density at radius 1 is 1.15 bits per heavy atom. The van der Waals surface area contributed by atoms with Gasteiger partial charge < -0.3 is 0 Å². The molecular weight excluding hydrogens is 300 g/mol. The van der Waals surface area contributed by atoms with Crippen LogP contribution in [-0.4, -0.2) is 37.6 Å². The minimum Gasteiger partial charge on any atom is -0.287 e. The fraction of sp³-hybridized carbons (Fsp3) is 0.308. The van der Waals surface area contributed by atoms with Crippen LogP contribution in [-0.2, 0) is 9.84 Å². The van der Waals surface area contributed by atoms with E-state index < -0.39 is 9.84 Å². The number of halogens is 1. The van der Waals surface area contributed by atoms with Crippen molar-refractivity contribution in [3.8, 4) is 0 Å². The van der Waals surface area contributed by atoms with Crippen molar-refractivity contribution in [3.05, 3.63) is 34.9 Å². The second kappa shape index (κ2) is 6.76. The highest BCUT2D eigenvalue weighted by Crippen LogP contribution is 2.10. The van der Waals surface area contributed by atoms with Gasteiger partial charge in [-0.3, -0.25) is 4.79 Å². The van der Waals surface area contributed by atoms with E-state index in [4.69, 9.17) is 11.6 Å². The average molecular weight is 315 g/mol. The van der Waals surface area contributed by atoms with E-state index in [2.05, 4.69) is 10.2 Å². The summed E-state index contributed by atoms with van der Waals surface area (Å²) in [7, 11) is -3.15. The summed E-state index contributed by atoms with van der Waals surface area (Å²) in [6, 6.07) is 6.41. The molecule has 0 saturated heterocycles. The van der Waals surface area contributed by atoms with Crippen molar-refractivity contribution in [3.63, 3.8) is 0 Å². The summed E-state index contributed by atoms with van der Waals surface area (Å²) >= 11 is 5.74. The zero-order valence-corrected chi connectivity index (χ0v) is 13.0. The molecule has 0 amide bonds. The monoisotopic (exact) mass is 314 g/mol. The minimum atomic E-state index is -3.15. The third-order valence-corrected chi connectivity index (χ3v) is 3.47. The Balaban J connectivity index is 2.86. The molecular formula is C13H15ClN2O3S. The molecule has 5 nitrogen and oxygen atoms in total. The highest BCUT2D eigenvalue weighted by atomic mass is 35.5. The van der Waals surface area contributed by atoms with Gasteiger partial charge in [0.2, 0.25) is 5.78 Å². The lowest BCUT2D eigenvalue weighted by atomic mass is 10.1. The molecule has 0 aromatic heterocycles. The van der Waals surface area contributed by atoms with Gasteiger partial charge in [-0.25, -0.2) is 8.42 Å². The first kappa shape index (κ1) is 16.5. The zero-order chi connectivity index (χ0) is 15.3. The van der Waals surface area contributed by atoms with E-state index in [0.29, 0.717) is 16.3 Å². The molecule has 20 heavy (non-hydrogen) atoms. The number of Topliss-reactive ketones (excluding diaryl/α,β-unsaturated/α-hetero) is 1. The fourth-order valence-electron chi connectivity index (χ4n) is 1.42. The number of rotatable bonds is 5. The molecule has 1 aromatic rings. The van der Waals surface area contributed by atoms with Crippen molar-refractivity contribution in [2.45, 2.75) is 13.8 Å². The van der Waals surface area contributed by atoms with Gasteiger partial charge in [-0.1, -0.05) is 11.6 Å². The molecule has 0 unspecified atom stereocenters. The number of nitrogens with zero attached hydrogens (tertiary/aromatic N) is 2. The third-order valence-electron chi connectivity index (χ3n) is 2.28. The van der Waals surface area contributed by atoms with Crippen LogP contribution in [0, 0.1) is 0 Å². The Morgan fingerprint density at radius 3 is 2.20 bits per heavy atom. The van der Waals surface area contributed by atoms with Crippen molar-refractivity contribution in [1.29, 1.82) is 0 Å². The van der Waals surface area contributed by atoms with Crippen LogP contribution in [0.15, 0.2) is 34.5 Å². The van der Waals surface area contributed by atoms with Crippen LogP contribution in [0.3, 0.4) is 0 Å². The maximum atomic E-state index is 12.0. The summed E-state index contributed by atoms with van der Waals surface area (Å²) in [4.78, 5) is 12.0. The van der Waals surface area contributed by atoms with Gasteiger partial charge in [0.25, 0.3) is 0 Å². The maximum Gasteiger partial charge on any atom is 0.208 e. The molecule has 1 rings (SSSR count). The summed E-state index contributed by atoms with van der Waals surface area (Å²) in [5.74, 6) is -0.462. The summed E-state index contributed by atoms with van der Waals surface area (Å²) in [6.07, 6.45) is 1.11. The summed E-state index contributed by atoms with van der Waals surface area (Å²) in [5, 5.41) is 8.06. The quantitative estimate of drug-likeness (QED) is 0.476. The zero-order valence-electron chi connectivity index (χ0n) is 11.4. The lowest BCUT2D eigenvalue weighted by molar-refractivity contribution is 0.106. The van der Waals surface area contributed by atoms with Crippen LogP contribution in [0.2, 0.25) is 5.02 Å². The molecule has 0 spiro atoms. The third kappa shape index (κ3) is 5.63. The standard InChI is InChI=1S/C13H15ClN2O3S/c1-9(8-20(3,18)19)15-16-10(2)13(17)11-4-6-12(14)7-5-11/h4-7H,8H2,1-3H3. The second-order valence-electron chi connectivity index (χ2n) is 4.43. The predicted octanol–water partition coefficient (Wildman–Crippen LogP) is 2.40. The number of ketones is 1. The van der Waals surface area contributed by atoms with Crippen LogP contribution in [0.4, 0.5) is 0 Å². The highest BCUT2D eigenvalue weighted by molar-refractivity contribution is 7.91. The first-order chi connectivity index (χ1) is 9.19. The second-order valence-corrected chi connectivity index (χ2v) is 7.00. The summed E-state index contributed by atoms with van der Waals surface area (Å²) in [5.41, 5.74) is 0.961. The van der Waals surface area contributed by atoms with Crippen LogP contribution >= 0.6 is 11.6 Å². The molecule has 108 valence electrons. The molecule has 0 aliphatic carbocycles. The van der Waals surface area contributed by atoms with E-state index in [-0.39, 0.29) is 17.2 Å². The van der Waals surface area contributed by atoms with Gasteiger partial charge in [0.1, 0.15) is 5.71 Å².